The van der Waals surface area contributed by atoms with Crippen molar-refractivity contribution in [3.8, 4) is 33.8 Å². The van der Waals surface area contributed by atoms with Crippen LogP contribution in [-0.4, -0.2) is 18.3 Å². The largest absolute Gasteiger partial charge is 3.00 e. The Labute approximate surface area is 332 Å². The van der Waals surface area contributed by atoms with E-state index in [9.17, 15) is 5.11 Å². The second kappa shape index (κ2) is 21.6. The maximum Gasteiger partial charge on any atom is 3.00 e. The van der Waals surface area contributed by atoms with Gasteiger partial charge in [0.25, 0.3) is 0 Å². The molecule has 6 aromatic carbocycles. The molecule has 6 aromatic rings. The number of aryl methyl sites for hydroxylation is 1. The second-order valence-electron chi connectivity index (χ2n) is 13.2. The van der Waals surface area contributed by atoms with Crippen molar-refractivity contribution < 1.29 is 36.0 Å². The number of para-hydroxylation sites is 2. The van der Waals surface area contributed by atoms with Gasteiger partial charge in [-0.1, -0.05) is 118 Å². The molecule has 265 valence electrons. The number of rotatable bonds is 10. The molecule has 0 atom stereocenters. The van der Waals surface area contributed by atoms with E-state index in [1.54, 1.807) is 0 Å². The third-order valence-corrected chi connectivity index (χ3v) is 8.37. The smallest absolute Gasteiger partial charge is 0.684 e. The van der Waals surface area contributed by atoms with Crippen molar-refractivity contribution in [2.45, 2.75) is 52.9 Å². The average Bonchev–Trinajstić information content (AvgIpc) is 3.14. The summed E-state index contributed by atoms with van der Waals surface area (Å²) in [5.74, 6) is 1.91. The minimum absolute atomic E-state index is 0. The SMILES string of the molecule is Cc1cc(-c2ccccc2)c(O)c(-c2ccccc2OCCC[N-]c2c(C(C)C)cccc2C(C)C)c1.[CH2-]c1ccccc1.[CH2-]c1ccccc1.[Zr+3]. The summed E-state index contributed by atoms with van der Waals surface area (Å²) in [5, 5.41) is 16.3. The van der Waals surface area contributed by atoms with E-state index >= 15 is 0 Å². The van der Waals surface area contributed by atoms with Crippen molar-refractivity contribution in [2.24, 2.45) is 0 Å². The van der Waals surface area contributed by atoms with Crippen molar-refractivity contribution in [2.75, 3.05) is 13.2 Å². The summed E-state index contributed by atoms with van der Waals surface area (Å²) in [6, 6.07) is 48.3. The molecular weight excluding hydrogens is 714 g/mol. The van der Waals surface area contributed by atoms with Gasteiger partial charge in [0.1, 0.15) is 11.5 Å². The standard InChI is InChI=1S/C34H38NO2.2C7H7.Zr/c1-23(2)27-16-11-17-28(24(3)4)33(27)35-19-12-20-37-32-18-10-9-15-29(32)31-22-25(5)21-30(34(31)36)26-13-7-6-8-14-26;2*1-7-5-3-2-4-6-7;/h6-11,13-18,21-24,36H,12,19-20H2,1-5H3;2*2-6H,1H2;/q3*-1;+3. The zero-order valence-electron chi connectivity index (χ0n) is 31.3. The fraction of sp³-hybridized carbons (Fsp3) is 0.208. The van der Waals surface area contributed by atoms with E-state index in [2.05, 4.69) is 66.7 Å². The summed E-state index contributed by atoms with van der Waals surface area (Å²) in [6.07, 6.45) is 0.813. The van der Waals surface area contributed by atoms with Gasteiger partial charge in [0.2, 0.25) is 0 Å². The number of benzene rings is 6. The van der Waals surface area contributed by atoms with Crippen LogP contribution in [0.2, 0.25) is 0 Å². The molecular formula is C48H52NO2Zr. The fourth-order valence-electron chi connectivity index (χ4n) is 5.72. The summed E-state index contributed by atoms with van der Waals surface area (Å²) < 4.78 is 6.25. The Bertz CT molecular complexity index is 1840. The van der Waals surface area contributed by atoms with E-state index in [0.717, 1.165) is 56.8 Å². The Morgan fingerprint density at radius 2 is 1.08 bits per heavy atom. The first-order chi connectivity index (χ1) is 24.7. The van der Waals surface area contributed by atoms with Gasteiger partial charge < -0.3 is 15.2 Å². The maximum atomic E-state index is 11.3. The minimum atomic E-state index is 0. The molecule has 0 heterocycles. The molecule has 1 N–H and O–H groups in total. The minimum Gasteiger partial charge on any atom is -0.684 e. The fourth-order valence-corrected chi connectivity index (χ4v) is 5.72. The van der Waals surface area contributed by atoms with E-state index in [1.165, 1.54) is 11.1 Å². The summed E-state index contributed by atoms with van der Waals surface area (Å²) >= 11 is 0. The molecule has 52 heavy (non-hydrogen) atoms. The molecule has 0 fully saturated rings. The van der Waals surface area contributed by atoms with Crippen LogP contribution in [0, 0.1) is 20.8 Å². The van der Waals surface area contributed by atoms with Crippen LogP contribution >= 0.6 is 0 Å². The van der Waals surface area contributed by atoms with Gasteiger partial charge in [-0.3, -0.25) is 0 Å². The van der Waals surface area contributed by atoms with Crippen molar-refractivity contribution in [1.82, 2.24) is 0 Å². The van der Waals surface area contributed by atoms with Crippen LogP contribution in [0.1, 0.15) is 73.8 Å². The van der Waals surface area contributed by atoms with Gasteiger partial charge in [0.15, 0.2) is 0 Å². The Morgan fingerprint density at radius 3 is 1.58 bits per heavy atom. The van der Waals surface area contributed by atoms with Crippen LogP contribution in [0.25, 0.3) is 27.6 Å². The number of hydrogen-bond donors (Lipinski definition) is 1. The van der Waals surface area contributed by atoms with Crippen LogP contribution < -0.4 is 4.74 Å². The van der Waals surface area contributed by atoms with Gasteiger partial charge in [-0.05, 0) is 54.5 Å². The molecule has 3 nitrogen and oxygen atoms in total. The molecule has 0 aliphatic carbocycles. The third-order valence-electron chi connectivity index (χ3n) is 8.37. The molecule has 0 spiro atoms. The van der Waals surface area contributed by atoms with E-state index in [1.807, 2.05) is 127 Å². The number of aromatic hydroxyl groups is 1. The summed E-state index contributed by atoms with van der Waals surface area (Å²) in [4.78, 5) is 0. The molecule has 0 saturated carbocycles. The monoisotopic (exact) mass is 764 g/mol. The molecule has 0 unspecified atom stereocenters. The van der Waals surface area contributed by atoms with Gasteiger partial charge in [0, 0.05) is 16.7 Å². The molecule has 0 aliphatic heterocycles. The zero-order valence-corrected chi connectivity index (χ0v) is 33.8. The summed E-state index contributed by atoms with van der Waals surface area (Å²) in [5.41, 5.74) is 10.5. The van der Waals surface area contributed by atoms with Crippen LogP contribution in [0.3, 0.4) is 0 Å². The number of hydrogen-bond acceptors (Lipinski definition) is 2. The van der Waals surface area contributed by atoms with Gasteiger partial charge in [-0.25, -0.2) is 0 Å². The first kappa shape index (κ1) is 41.8. The molecule has 4 heteroatoms. The second-order valence-corrected chi connectivity index (χ2v) is 13.2. The van der Waals surface area contributed by atoms with E-state index in [-0.39, 0.29) is 32.0 Å². The molecule has 0 saturated heterocycles. The molecule has 0 aliphatic rings. The summed E-state index contributed by atoms with van der Waals surface area (Å²) in [7, 11) is 0. The molecule has 6 rings (SSSR count). The third kappa shape index (κ3) is 12.5. The maximum absolute atomic E-state index is 11.3. The van der Waals surface area contributed by atoms with Crippen LogP contribution in [-0.2, 0) is 26.2 Å². The van der Waals surface area contributed by atoms with Crippen LogP contribution in [0.5, 0.6) is 11.5 Å². The Hall–Kier alpha value is -4.66. The average molecular weight is 766 g/mol. The van der Waals surface area contributed by atoms with Crippen LogP contribution in [0.4, 0.5) is 5.69 Å². The van der Waals surface area contributed by atoms with Gasteiger partial charge in [-0.2, -0.15) is 49.2 Å². The molecule has 0 amide bonds. The normalized spacial score (nSPS) is 10.3. The van der Waals surface area contributed by atoms with Crippen molar-refractivity contribution in [1.29, 1.82) is 0 Å². The zero-order chi connectivity index (χ0) is 36.6. The van der Waals surface area contributed by atoms with Gasteiger partial charge in [0.05, 0.1) is 6.61 Å². The van der Waals surface area contributed by atoms with Gasteiger partial charge in [-0.15, -0.1) is 36.5 Å². The van der Waals surface area contributed by atoms with Crippen molar-refractivity contribution in [3.63, 3.8) is 0 Å². The number of phenols is 1. The number of nitrogens with zero attached hydrogens (tertiary/aromatic N) is 1. The van der Waals surface area contributed by atoms with E-state index in [0.29, 0.717) is 25.0 Å². The first-order valence-electron chi connectivity index (χ1n) is 17.8. The van der Waals surface area contributed by atoms with Crippen molar-refractivity contribution >= 4 is 5.69 Å². The Morgan fingerprint density at radius 1 is 0.596 bits per heavy atom. The quantitative estimate of drug-likeness (QED) is 0.111. The van der Waals surface area contributed by atoms with E-state index in [4.69, 9.17) is 10.1 Å². The van der Waals surface area contributed by atoms with Crippen LogP contribution in [0.15, 0.2) is 146 Å². The number of phenolic OH excluding ortho intramolecular Hbond substituents is 1. The predicted molar refractivity (Wildman–Crippen MR) is 218 cm³/mol. The van der Waals surface area contributed by atoms with Crippen molar-refractivity contribution in [3.05, 3.63) is 193 Å². The Kier molecular flexibility index (Phi) is 17.4. The summed E-state index contributed by atoms with van der Waals surface area (Å²) in [6.45, 7) is 19.7. The predicted octanol–water partition coefficient (Wildman–Crippen LogP) is 13.5. The molecule has 1 radical (unpaired) electrons. The molecule has 0 aromatic heterocycles. The van der Waals surface area contributed by atoms with Gasteiger partial charge >= 0.3 is 26.2 Å². The number of ether oxygens (including phenoxy) is 1. The first-order valence-corrected chi connectivity index (χ1v) is 17.8. The molecule has 0 bridgehead atoms. The topological polar surface area (TPSA) is 43.6 Å². The Balaban J connectivity index is 0.000000402. The van der Waals surface area contributed by atoms with E-state index < -0.39 is 0 Å².